The van der Waals surface area contributed by atoms with E-state index in [0.717, 1.165) is 51.7 Å². The Morgan fingerprint density at radius 2 is 1.88 bits per heavy atom. The summed E-state index contributed by atoms with van der Waals surface area (Å²) in [6.07, 6.45) is 3.47. The fraction of sp³-hybridized carbons (Fsp3) is 0.941. The van der Waals surface area contributed by atoms with Crippen molar-refractivity contribution in [1.82, 2.24) is 20.9 Å². The van der Waals surface area contributed by atoms with Crippen molar-refractivity contribution in [2.24, 2.45) is 4.99 Å². The van der Waals surface area contributed by atoms with Crippen molar-refractivity contribution in [3.63, 3.8) is 0 Å². The summed E-state index contributed by atoms with van der Waals surface area (Å²) in [5.41, 5.74) is 0.161. The van der Waals surface area contributed by atoms with Gasteiger partial charge in [0.05, 0.1) is 0 Å². The van der Waals surface area contributed by atoms with Crippen LogP contribution in [0, 0.1) is 0 Å². The first-order valence-corrected chi connectivity index (χ1v) is 8.88. The van der Waals surface area contributed by atoms with Crippen LogP contribution in [-0.2, 0) is 4.74 Å². The van der Waals surface area contributed by atoms with Gasteiger partial charge in [0, 0.05) is 65.1 Å². The van der Waals surface area contributed by atoms with E-state index in [1.165, 1.54) is 12.8 Å². The normalized spacial score (nSPS) is 17.5. The van der Waals surface area contributed by atoms with Gasteiger partial charge in [-0.2, -0.15) is 0 Å². The van der Waals surface area contributed by atoms with Crippen LogP contribution in [0.25, 0.3) is 0 Å². The van der Waals surface area contributed by atoms with Gasteiger partial charge in [-0.1, -0.05) is 0 Å². The third kappa shape index (κ3) is 11.4. The van der Waals surface area contributed by atoms with Gasteiger partial charge in [0.1, 0.15) is 0 Å². The number of aliphatic imine (C=N–C) groups is 1. The minimum Gasteiger partial charge on any atom is -0.385 e. The standard InChI is InChI=1S/C17H37N5O.HI/c1-17(2,3)20-10-9-19-16(18-4)21-15-7-12-22(13-8-15)11-6-14-23-5;/h15,20H,6-14H2,1-5H3,(H2,18,19,21);1H. The molecule has 0 aromatic rings. The van der Waals surface area contributed by atoms with Crippen molar-refractivity contribution in [2.75, 3.05) is 53.5 Å². The number of ether oxygens (including phenoxy) is 1. The number of methoxy groups -OCH3 is 1. The zero-order chi connectivity index (χ0) is 17.1. The largest absolute Gasteiger partial charge is 0.385 e. The van der Waals surface area contributed by atoms with Gasteiger partial charge < -0.3 is 25.6 Å². The molecular formula is C17H38IN5O. The zero-order valence-corrected chi connectivity index (χ0v) is 18.5. The molecule has 0 aliphatic carbocycles. The summed E-state index contributed by atoms with van der Waals surface area (Å²) < 4.78 is 5.12. The lowest BCUT2D eigenvalue weighted by molar-refractivity contribution is 0.155. The topological polar surface area (TPSA) is 60.9 Å². The quantitative estimate of drug-likeness (QED) is 0.225. The first kappa shape index (κ1) is 23.9. The van der Waals surface area contributed by atoms with E-state index in [2.05, 4.69) is 46.6 Å². The van der Waals surface area contributed by atoms with Gasteiger partial charge in [-0.15, -0.1) is 24.0 Å². The molecule has 144 valence electrons. The van der Waals surface area contributed by atoms with Crippen molar-refractivity contribution >= 4 is 29.9 Å². The monoisotopic (exact) mass is 455 g/mol. The lowest BCUT2D eigenvalue weighted by Gasteiger charge is -2.33. The van der Waals surface area contributed by atoms with Gasteiger partial charge in [-0.05, 0) is 40.0 Å². The SMILES string of the molecule is CN=C(NCCNC(C)(C)C)NC1CCN(CCCOC)CC1.I. The van der Waals surface area contributed by atoms with E-state index in [-0.39, 0.29) is 29.5 Å². The van der Waals surface area contributed by atoms with Gasteiger partial charge in [0.25, 0.3) is 0 Å². The molecule has 24 heavy (non-hydrogen) atoms. The number of guanidine groups is 1. The van der Waals surface area contributed by atoms with Crippen LogP contribution in [0.1, 0.15) is 40.0 Å². The second-order valence-corrected chi connectivity index (χ2v) is 7.28. The van der Waals surface area contributed by atoms with E-state index in [9.17, 15) is 0 Å². The van der Waals surface area contributed by atoms with Crippen LogP contribution in [0.5, 0.6) is 0 Å². The molecule has 1 rings (SSSR count). The molecule has 0 radical (unpaired) electrons. The van der Waals surface area contributed by atoms with Crippen LogP contribution < -0.4 is 16.0 Å². The minimum atomic E-state index is 0. The maximum atomic E-state index is 5.12. The second kappa shape index (κ2) is 13.1. The minimum absolute atomic E-state index is 0. The Kier molecular flexibility index (Phi) is 13.1. The van der Waals surface area contributed by atoms with Crippen molar-refractivity contribution in [1.29, 1.82) is 0 Å². The summed E-state index contributed by atoms with van der Waals surface area (Å²) in [5, 5.41) is 10.4. The third-order valence-electron chi connectivity index (χ3n) is 4.05. The van der Waals surface area contributed by atoms with Crippen LogP contribution >= 0.6 is 24.0 Å². The molecule has 0 saturated carbocycles. The molecule has 0 spiro atoms. The Morgan fingerprint density at radius 3 is 2.42 bits per heavy atom. The molecule has 1 aliphatic heterocycles. The molecule has 0 amide bonds. The van der Waals surface area contributed by atoms with Crippen LogP contribution in [0.15, 0.2) is 4.99 Å². The molecule has 0 aromatic carbocycles. The van der Waals surface area contributed by atoms with E-state index < -0.39 is 0 Å². The predicted molar refractivity (Wildman–Crippen MR) is 114 cm³/mol. The van der Waals surface area contributed by atoms with Gasteiger partial charge in [-0.25, -0.2) is 0 Å². The first-order chi connectivity index (χ1) is 10.9. The highest BCUT2D eigenvalue weighted by atomic mass is 127. The van der Waals surface area contributed by atoms with Gasteiger partial charge in [0.2, 0.25) is 0 Å². The summed E-state index contributed by atoms with van der Waals surface area (Å²) in [4.78, 5) is 6.86. The molecule has 0 bridgehead atoms. The smallest absolute Gasteiger partial charge is 0.191 e. The Hall–Kier alpha value is -0.120. The van der Waals surface area contributed by atoms with Crippen molar-refractivity contribution in [2.45, 2.75) is 51.6 Å². The van der Waals surface area contributed by atoms with Crippen molar-refractivity contribution in [3.05, 3.63) is 0 Å². The summed E-state index contributed by atoms with van der Waals surface area (Å²) in [7, 11) is 3.61. The number of nitrogens with zero attached hydrogens (tertiary/aromatic N) is 2. The predicted octanol–water partition coefficient (Wildman–Crippen LogP) is 1.66. The molecular weight excluding hydrogens is 417 g/mol. The highest BCUT2D eigenvalue weighted by Crippen LogP contribution is 2.10. The van der Waals surface area contributed by atoms with Crippen LogP contribution in [-0.4, -0.2) is 75.9 Å². The van der Waals surface area contributed by atoms with E-state index in [1.807, 2.05) is 7.05 Å². The lowest BCUT2D eigenvalue weighted by Crippen LogP contribution is -2.50. The number of hydrogen-bond acceptors (Lipinski definition) is 4. The van der Waals surface area contributed by atoms with Crippen LogP contribution in [0.3, 0.4) is 0 Å². The van der Waals surface area contributed by atoms with Gasteiger partial charge in [-0.3, -0.25) is 4.99 Å². The van der Waals surface area contributed by atoms with E-state index in [0.29, 0.717) is 6.04 Å². The number of rotatable bonds is 8. The van der Waals surface area contributed by atoms with Crippen LogP contribution in [0.2, 0.25) is 0 Å². The molecule has 1 heterocycles. The van der Waals surface area contributed by atoms with Crippen LogP contribution in [0.4, 0.5) is 0 Å². The summed E-state index contributed by atoms with van der Waals surface area (Å²) in [5.74, 6) is 0.915. The van der Waals surface area contributed by atoms with E-state index in [1.54, 1.807) is 7.11 Å². The second-order valence-electron chi connectivity index (χ2n) is 7.28. The molecule has 1 saturated heterocycles. The molecule has 0 aromatic heterocycles. The number of halogens is 1. The maximum absolute atomic E-state index is 5.12. The molecule has 6 nitrogen and oxygen atoms in total. The Labute approximate surface area is 165 Å². The van der Waals surface area contributed by atoms with Crippen molar-refractivity contribution < 1.29 is 4.74 Å². The summed E-state index contributed by atoms with van der Waals surface area (Å²) >= 11 is 0. The molecule has 7 heteroatoms. The average molecular weight is 455 g/mol. The fourth-order valence-corrected chi connectivity index (χ4v) is 2.74. The fourth-order valence-electron chi connectivity index (χ4n) is 2.74. The van der Waals surface area contributed by atoms with E-state index in [4.69, 9.17) is 4.74 Å². The first-order valence-electron chi connectivity index (χ1n) is 8.88. The van der Waals surface area contributed by atoms with Gasteiger partial charge >= 0.3 is 0 Å². The van der Waals surface area contributed by atoms with E-state index >= 15 is 0 Å². The Bertz CT molecular complexity index is 338. The Morgan fingerprint density at radius 1 is 1.21 bits per heavy atom. The number of nitrogens with one attached hydrogen (secondary N) is 3. The molecule has 1 fully saturated rings. The average Bonchev–Trinajstić information content (AvgIpc) is 2.51. The number of likely N-dealkylation sites (tertiary alicyclic amines) is 1. The Balaban J connectivity index is 0.00000529. The molecule has 0 unspecified atom stereocenters. The summed E-state index contributed by atoms with van der Waals surface area (Å²) in [6, 6.07) is 0.524. The third-order valence-corrected chi connectivity index (χ3v) is 4.05. The van der Waals surface area contributed by atoms with Crippen molar-refractivity contribution in [3.8, 4) is 0 Å². The molecule has 3 N–H and O–H groups in total. The lowest BCUT2D eigenvalue weighted by atomic mass is 10.1. The highest BCUT2D eigenvalue weighted by Gasteiger charge is 2.19. The maximum Gasteiger partial charge on any atom is 0.191 e. The highest BCUT2D eigenvalue weighted by molar-refractivity contribution is 14.0. The number of hydrogen-bond donors (Lipinski definition) is 3. The zero-order valence-electron chi connectivity index (χ0n) is 16.2. The van der Waals surface area contributed by atoms with Gasteiger partial charge in [0.15, 0.2) is 5.96 Å². The molecule has 0 atom stereocenters. The number of piperidine rings is 1. The summed E-state index contributed by atoms with van der Waals surface area (Å²) in [6.45, 7) is 12.7. The molecule has 1 aliphatic rings.